The molecule has 4 nitrogen and oxygen atoms in total. The second-order valence-corrected chi connectivity index (χ2v) is 4.29. The Labute approximate surface area is 162 Å². The Morgan fingerprint density at radius 2 is 0.864 bits per heavy atom. The molecule has 0 aromatic carbocycles. The van der Waals surface area contributed by atoms with Crippen molar-refractivity contribution >= 4 is 49.6 Å². The van der Waals surface area contributed by atoms with E-state index >= 15 is 0 Å². The van der Waals surface area contributed by atoms with E-state index < -0.39 is 0 Å². The molecule has 0 saturated heterocycles. The van der Waals surface area contributed by atoms with E-state index in [1.165, 1.54) is 12.8 Å². The fraction of sp³-hybridized carbons (Fsp3) is 0.857. The molecule has 8 heteroatoms. The molecule has 0 aromatic rings. The van der Waals surface area contributed by atoms with Crippen LogP contribution in [0.25, 0.3) is 0 Å². The van der Waals surface area contributed by atoms with Crippen LogP contribution in [-0.2, 0) is 0 Å². The lowest BCUT2D eigenvalue weighted by Gasteiger charge is -2.03. The van der Waals surface area contributed by atoms with E-state index in [-0.39, 0.29) is 49.6 Å². The molecule has 4 N–H and O–H groups in total. The van der Waals surface area contributed by atoms with Crippen LogP contribution in [0.4, 0.5) is 0 Å². The first-order valence-corrected chi connectivity index (χ1v) is 7.39. The van der Waals surface area contributed by atoms with Gasteiger partial charge >= 0.3 is 0 Å². The maximum absolute atomic E-state index is 3.40. The molecule has 0 rings (SSSR count). The molecule has 0 aliphatic carbocycles. The second-order valence-electron chi connectivity index (χ2n) is 4.29. The van der Waals surface area contributed by atoms with Crippen molar-refractivity contribution in [2.24, 2.45) is 0 Å². The van der Waals surface area contributed by atoms with Crippen LogP contribution < -0.4 is 21.3 Å². The summed E-state index contributed by atoms with van der Waals surface area (Å²) in [7, 11) is 0. The Hall–Kier alpha value is 0.740. The predicted octanol–water partition coefficient (Wildman–Crippen LogP) is 2.41. The second kappa shape index (κ2) is 33.4. The smallest absolute Gasteiger partial charge is 0.0135 e. The molecular weight excluding hydrogens is 366 g/mol. The van der Waals surface area contributed by atoms with Crippen molar-refractivity contribution in [3.8, 4) is 0 Å². The number of nitrogens with one attached hydrogen (secondary N) is 4. The van der Waals surface area contributed by atoms with Crippen LogP contribution in [0.3, 0.4) is 0 Å². The third-order valence-electron chi connectivity index (χ3n) is 2.61. The van der Waals surface area contributed by atoms with Crippen LogP contribution >= 0.6 is 49.6 Å². The van der Waals surface area contributed by atoms with Gasteiger partial charge < -0.3 is 21.3 Å². The van der Waals surface area contributed by atoms with Gasteiger partial charge in [-0.3, -0.25) is 0 Å². The fourth-order valence-electron chi connectivity index (χ4n) is 1.57. The summed E-state index contributed by atoms with van der Waals surface area (Å²) >= 11 is 0. The number of hydrogen-bond donors (Lipinski definition) is 4. The van der Waals surface area contributed by atoms with Crippen molar-refractivity contribution in [3.05, 3.63) is 12.2 Å². The molecule has 0 radical (unpaired) electrons. The van der Waals surface area contributed by atoms with Crippen molar-refractivity contribution in [1.29, 1.82) is 0 Å². The van der Waals surface area contributed by atoms with Crippen LogP contribution in [0, 0.1) is 0 Å². The summed E-state index contributed by atoms with van der Waals surface area (Å²) in [6, 6.07) is 0. The van der Waals surface area contributed by atoms with E-state index in [4.69, 9.17) is 0 Å². The van der Waals surface area contributed by atoms with E-state index in [1.807, 2.05) is 0 Å². The minimum absolute atomic E-state index is 0. The fourth-order valence-corrected chi connectivity index (χ4v) is 1.57. The lowest BCUT2D eigenvalue weighted by Crippen LogP contribution is -2.22. The average molecular weight is 402 g/mol. The van der Waals surface area contributed by atoms with E-state index in [2.05, 4.69) is 47.3 Å². The van der Waals surface area contributed by atoms with Gasteiger partial charge in [0.15, 0.2) is 0 Å². The molecule has 0 aromatic heterocycles. The van der Waals surface area contributed by atoms with Crippen LogP contribution in [0.2, 0.25) is 0 Å². The lowest BCUT2D eigenvalue weighted by molar-refractivity contribution is 0.624. The van der Waals surface area contributed by atoms with Gasteiger partial charge in [0.05, 0.1) is 0 Å². The Balaban J connectivity index is -0.000000241. The maximum atomic E-state index is 3.40. The number of rotatable bonds is 14. The van der Waals surface area contributed by atoms with Crippen molar-refractivity contribution in [1.82, 2.24) is 21.3 Å². The molecule has 0 amide bonds. The Kier molecular flexibility index (Phi) is 51.8. The highest BCUT2D eigenvalue weighted by atomic mass is 35.5. The molecule has 22 heavy (non-hydrogen) atoms. The summed E-state index contributed by atoms with van der Waals surface area (Å²) in [5.74, 6) is 0. The molecule has 0 unspecified atom stereocenters. The Bertz CT molecular complexity index is 168. The van der Waals surface area contributed by atoms with Gasteiger partial charge in [-0.05, 0) is 52.1 Å². The first kappa shape index (κ1) is 34.2. The largest absolute Gasteiger partial charge is 0.317 e. The molecule has 0 fully saturated rings. The van der Waals surface area contributed by atoms with Crippen LogP contribution in [0.5, 0.6) is 0 Å². The SMILES string of the molecule is CCNCCCNC/C=C\CNCCCNCC.Cl.Cl.Cl.Cl. The van der Waals surface area contributed by atoms with Gasteiger partial charge in [0.2, 0.25) is 0 Å². The molecule has 0 atom stereocenters. The van der Waals surface area contributed by atoms with Crippen LogP contribution in [-0.4, -0.2) is 52.4 Å². The molecule has 0 heterocycles. The quantitative estimate of drug-likeness (QED) is 0.266. The summed E-state index contributed by atoms with van der Waals surface area (Å²) in [6.07, 6.45) is 6.80. The van der Waals surface area contributed by atoms with Crippen molar-refractivity contribution in [3.63, 3.8) is 0 Å². The monoisotopic (exact) mass is 400 g/mol. The summed E-state index contributed by atoms with van der Waals surface area (Å²) < 4.78 is 0. The first-order valence-electron chi connectivity index (χ1n) is 7.39. The maximum Gasteiger partial charge on any atom is 0.0135 e. The molecule has 140 valence electrons. The molecule has 0 spiro atoms. The van der Waals surface area contributed by atoms with E-state index in [1.54, 1.807) is 0 Å². The van der Waals surface area contributed by atoms with E-state index in [9.17, 15) is 0 Å². The zero-order chi connectivity index (χ0) is 13.3. The molecular formula is C14H36Cl4N4. The Morgan fingerprint density at radius 1 is 0.545 bits per heavy atom. The molecule has 0 saturated carbocycles. The number of hydrogen-bond acceptors (Lipinski definition) is 4. The van der Waals surface area contributed by atoms with Crippen molar-refractivity contribution in [2.75, 3.05) is 52.4 Å². The third kappa shape index (κ3) is 32.6. The third-order valence-corrected chi connectivity index (χ3v) is 2.61. The minimum Gasteiger partial charge on any atom is -0.317 e. The highest BCUT2D eigenvalue weighted by Crippen LogP contribution is 1.76. The predicted molar refractivity (Wildman–Crippen MR) is 110 cm³/mol. The van der Waals surface area contributed by atoms with Gasteiger partial charge in [-0.25, -0.2) is 0 Å². The molecule has 0 aliphatic rings. The zero-order valence-corrected chi connectivity index (χ0v) is 17.1. The van der Waals surface area contributed by atoms with Crippen molar-refractivity contribution in [2.45, 2.75) is 26.7 Å². The normalized spacial score (nSPS) is 9.36. The van der Waals surface area contributed by atoms with Crippen molar-refractivity contribution < 1.29 is 0 Å². The van der Waals surface area contributed by atoms with Crippen LogP contribution in [0.15, 0.2) is 12.2 Å². The summed E-state index contributed by atoms with van der Waals surface area (Å²) in [5.41, 5.74) is 0. The van der Waals surface area contributed by atoms with Gasteiger partial charge in [0, 0.05) is 13.1 Å². The van der Waals surface area contributed by atoms with E-state index in [0.29, 0.717) is 0 Å². The van der Waals surface area contributed by atoms with Gasteiger partial charge in [-0.1, -0.05) is 26.0 Å². The van der Waals surface area contributed by atoms with Gasteiger partial charge in [-0.2, -0.15) is 0 Å². The molecule has 0 aliphatic heterocycles. The van der Waals surface area contributed by atoms with Gasteiger partial charge in [0.1, 0.15) is 0 Å². The Morgan fingerprint density at radius 3 is 1.18 bits per heavy atom. The summed E-state index contributed by atoms with van der Waals surface area (Å²) in [6.45, 7) is 12.8. The zero-order valence-electron chi connectivity index (χ0n) is 13.9. The van der Waals surface area contributed by atoms with Gasteiger partial charge in [0.25, 0.3) is 0 Å². The topological polar surface area (TPSA) is 48.1 Å². The van der Waals surface area contributed by atoms with E-state index in [0.717, 1.165) is 52.4 Å². The highest BCUT2D eigenvalue weighted by molar-refractivity contribution is 5.86. The minimum atomic E-state index is 0. The number of halogens is 4. The molecule has 0 bridgehead atoms. The summed E-state index contributed by atoms with van der Waals surface area (Å²) in [4.78, 5) is 0. The summed E-state index contributed by atoms with van der Waals surface area (Å²) in [5, 5.41) is 13.4. The standard InChI is InChI=1S/C14H32N4.4ClH/c1-3-15-11-7-13-17-9-5-6-10-18-14-8-12-16-4-2;;;;/h5-6,15-18H,3-4,7-14H2,1-2H3;4*1H/b6-5-;;;;. The highest BCUT2D eigenvalue weighted by Gasteiger charge is 1.86. The first-order chi connectivity index (χ1) is 8.91. The van der Waals surface area contributed by atoms with Gasteiger partial charge in [-0.15, -0.1) is 49.6 Å². The lowest BCUT2D eigenvalue weighted by atomic mass is 10.4. The van der Waals surface area contributed by atoms with Crippen LogP contribution in [0.1, 0.15) is 26.7 Å². The average Bonchev–Trinajstić information content (AvgIpc) is 2.39.